The maximum Gasteiger partial charge on any atom is 0.349 e. The van der Waals surface area contributed by atoms with Crippen LogP contribution in [0.25, 0.3) is 11.5 Å². The molecule has 6 heteroatoms. The van der Waals surface area contributed by atoms with E-state index in [-0.39, 0.29) is 11.5 Å². The molecule has 26 heavy (non-hydrogen) atoms. The Kier molecular flexibility index (Phi) is 6.16. The van der Waals surface area contributed by atoms with Crippen LogP contribution in [0.1, 0.15) is 11.1 Å². The van der Waals surface area contributed by atoms with E-state index in [0.29, 0.717) is 11.1 Å². The van der Waals surface area contributed by atoms with Gasteiger partial charge in [-0.05, 0) is 0 Å². The molecule has 0 fully saturated rings. The summed E-state index contributed by atoms with van der Waals surface area (Å²) in [7, 11) is 0. The fourth-order valence-corrected chi connectivity index (χ4v) is 2.17. The number of hydrogen-bond donors (Lipinski definition) is 2. The van der Waals surface area contributed by atoms with E-state index in [4.69, 9.17) is 9.47 Å². The molecule has 2 aromatic rings. The van der Waals surface area contributed by atoms with E-state index < -0.39 is 24.1 Å². The lowest BCUT2D eigenvalue weighted by atomic mass is 10.1. The maximum atomic E-state index is 11.6. The largest absolute Gasteiger partial charge is 0.478 e. The molecule has 0 aliphatic heterocycles. The first-order chi connectivity index (χ1) is 12.4. The SMILES string of the molecule is C=C(O[C@H](C(=O)O)[C@H](OC(=C)c1ccccc1)C(=O)O)c1ccccc1. The summed E-state index contributed by atoms with van der Waals surface area (Å²) >= 11 is 0. The van der Waals surface area contributed by atoms with Gasteiger partial charge in [-0.15, -0.1) is 0 Å². The fourth-order valence-electron chi connectivity index (χ4n) is 2.17. The Morgan fingerprint density at radius 2 is 1.00 bits per heavy atom. The molecule has 0 aliphatic carbocycles. The van der Waals surface area contributed by atoms with Crippen molar-refractivity contribution in [1.82, 2.24) is 0 Å². The molecule has 0 amide bonds. The summed E-state index contributed by atoms with van der Waals surface area (Å²) in [4.78, 5) is 23.2. The Balaban J connectivity index is 2.20. The van der Waals surface area contributed by atoms with E-state index in [1.54, 1.807) is 60.7 Å². The number of ether oxygens (including phenoxy) is 2. The normalized spacial score (nSPS) is 12.5. The zero-order valence-corrected chi connectivity index (χ0v) is 13.9. The Bertz CT molecular complexity index is 728. The van der Waals surface area contributed by atoms with Crippen LogP contribution in [-0.2, 0) is 19.1 Å². The van der Waals surface area contributed by atoms with Crippen LogP contribution in [0, 0.1) is 0 Å². The van der Waals surface area contributed by atoms with Crippen molar-refractivity contribution >= 4 is 23.5 Å². The molecule has 2 atom stereocenters. The van der Waals surface area contributed by atoms with Gasteiger partial charge in [-0.1, -0.05) is 73.8 Å². The van der Waals surface area contributed by atoms with Crippen molar-refractivity contribution < 1.29 is 29.3 Å². The number of benzene rings is 2. The van der Waals surface area contributed by atoms with E-state index in [1.807, 2.05) is 0 Å². The standard InChI is InChI=1S/C20H18O6/c1-13(15-9-5-3-6-10-15)25-17(19(21)22)18(20(23)24)26-14(2)16-11-7-4-8-12-16/h3-12,17-18H,1-2H2,(H,21,22)(H,23,24)/t17-,18-/m0/s1. The average molecular weight is 354 g/mol. The molecule has 134 valence electrons. The van der Waals surface area contributed by atoms with Crippen LogP contribution in [0.3, 0.4) is 0 Å². The summed E-state index contributed by atoms with van der Waals surface area (Å²) in [5, 5.41) is 18.9. The Labute approximate surface area is 150 Å². The van der Waals surface area contributed by atoms with Gasteiger partial charge in [0.05, 0.1) is 0 Å². The number of aliphatic carboxylic acids is 2. The number of hydrogen-bond acceptors (Lipinski definition) is 4. The third-order valence-corrected chi connectivity index (χ3v) is 3.49. The number of carboxylic acid groups (broad SMARTS) is 2. The molecular formula is C20H18O6. The highest BCUT2D eigenvalue weighted by atomic mass is 16.6. The van der Waals surface area contributed by atoms with Crippen molar-refractivity contribution in [2.75, 3.05) is 0 Å². The van der Waals surface area contributed by atoms with E-state index in [9.17, 15) is 19.8 Å². The fraction of sp³-hybridized carbons (Fsp3) is 0.100. The van der Waals surface area contributed by atoms with Gasteiger partial charge in [0.15, 0.2) is 0 Å². The quantitative estimate of drug-likeness (QED) is 0.672. The monoisotopic (exact) mass is 354 g/mol. The molecule has 6 nitrogen and oxygen atoms in total. The summed E-state index contributed by atoms with van der Waals surface area (Å²) in [6.45, 7) is 7.34. The zero-order valence-electron chi connectivity index (χ0n) is 13.9. The van der Waals surface area contributed by atoms with Crippen molar-refractivity contribution in [2.24, 2.45) is 0 Å². The van der Waals surface area contributed by atoms with Crippen LogP contribution in [0.4, 0.5) is 0 Å². The second-order valence-electron chi connectivity index (χ2n) is 5.33. The molecule has 0 radical (unpaired) electrons. The lowest BCUT2D eigenvalue weighted by molar-refractivity contribution is -0.165. The molecule has 0 aromatic heterocycles. The van der Waals surface area contributed by atoms with Gasteiger partial charge in [0.2, 0.25) is 12.2 Å². The van der Waals surface area contributed by atoms with Crippen LogP contribution >= 0.6 is 0 Å². The van der Waals surface area contributed by atoms with Gasteiger partial charge in [-0.3, -0.25) is 0 Å². The van der Waals surface area contributed by atoms with Gasteiger partial charge in [-0.25, -0.2) is 9.59 Å². The van der Waals surface area contributed by atoms with Crippen LogP contribution in [0.5, 0.6) is 0 Å². The van der Waals surface area contributed by atoms with Gasteiger partial charge in [0.25, 0.3) is 0 Å². The molecule has 0 aliphatic rings. The van der Waals surface area contributed by atoms with Crippen molar-refractivity contribution in [3.8, 4) is 0 Å². The van der Waals surface area contributed by atoms with E-state index in [0.717, 1.165) is 0 Å². The highest BCUT2D eigenvalue weighted by Gasteiger charge is 2.39. The summed E-state index contributed by atoms with van der Waals surface area (Å²) in [6, 6.07) is 17.1. The van der Waals surface area contributed by atoms with Gasteiger partial charge in [-0.2, -0.15) is 0 Å². The van der Waals surface area contributed by atoms with Gasteiger partial charge in [0, 0.05) is 11.1 Å². The van der Waals surface area contributed by atoms with Gasteiger partial charge >= 0.3 is 11.9 Å². The number of carbonyl (C=O) groups is 2. The predicted molar refractivity (Wildman–Crippen MR) is 96.0 cm³/mol. The van der Waals surface area contributed by atoms with Gasteiger partial charge in [0.1, 0.15) is 11.5 Å². The lowest BCUT2D eigenvalue weighted by Gasteiger charge is -2.24. The van der Waals surface area contributed by atoms with Crippen molar-refractivity contribution in [3.63, 3.8) is 0 Å². The van der Waals surface area contributed by atoms with E-state index >= 15 is 0 Å². The van der Waals surface area contributed by atoms with E-state index in [1.165, 1.54) is 0 Å². The average Bonchev–Trinajstić information content (AvgIpc) is 2.65. The number of carboxylic acids is 2. The Hall–Kier alpha value is -3.54. The predicted octanol–water partition coefficient (Wildman–Crippen LogP) is 3.27. The first-order valence-electron chi connectivity index (χ1n) is 7.67. The van der Waals surface area contributed by atoms with Crippen molar-refractivity contribution in [2.45, 2.75) is 12.2 Å². The van der Waals surface area contributed by atoms with Crippen molar-refractivity contribution in [3.05, 3.63) is 84.9 Å². The zero-order chi connectivity index (χ0) is 19.1. The molecule has 0 unspecified atom stereocenters. The molecule has 0 spiro atoms. The van der Waals surface area contributed by atoms with Crippen LogP contribution in [-0.4, -0.2) is 34.4 Å². The second kappa shape index (κ2) is 8.53. The first kappa shape index (κ1) is 18.8. The van der Waals surface area contributed by atoms with Crippen molar-refractivity contribution in [1.29, 1.82) is 0 Å². The van der Waals surface area contributed by atoms with Crippen LogP contribution in [0.15, 0.2) is 73.8 Å². The summed E-state index contributed by atoms with van der Waals surface area (Å²) in [5.74, 6) is -2.93. The Morgan fingerprint density at radius 1 is 0.692 bits per heavy atom. The topological polar surface area (TPSA) is 93.1 Å². The summed E-state index contributed by atoms with van der Waals surface area (Å²) < 4.78 is 10.6. The second-order valence-corrected chi connectivity index (χ2v) is 5.33. The third kappa shape index (κ3) is 4.73. The smallest absolute Gasteiger partial charge is 0.349 e. The minimum Gasteiger partial charge on any atom is -0.478 e. The molecule has 2 aromatic carbocycles. The summed E-state index contributed by atoms with van der Waals surface area (Å²) in [6.07, 6.45) is -3.61. The lowest BCUT2D eigenvalue weighted by Crippen LogP contribution is -2.43. The highest BCUT2D eigenvalue weighted by Crippen LogP contribution is 2.22. The van der Waals surface area contributed by atoms with Gasteiger partial charge < -0.3 is 19.7 Å². The summed E-state index contributed by atoms with van der Waals surface area (Å²) in [5.41, 5.74) is 1.06. The third-order valence-electron chi connectivity index (χ3n) is 3.49. The molecule has 0 heterocycles. The van der Waals surface area contributed by atoms with E-state index in [2.05, 4.69) is 13.2 Å². The molecule has 2 N–H and O–H groups in total. The molecule has 0 bridgehead atoms. The molecule has 0 saturated carbocycles. The Morgan fingerprint density at radius 3 is 1.27 bits per heavy atom. The van der Waals surface area contributed by atoms with Crippen LogP contribution in [0.2, 0.25) is 0 Å². The maximum absolute atomic E-state index is 11.6. The highest BCUT2D eigenvalue weighted by molar-refractivity contribution is 5.85. The molecular weight excluding hydrogens is 336 g/mol. The number of rotatable bonds is 9. The molecule has 2 rings (SSSR count). The molecule has 0 saturated heterocycles. The minimum atomic E-state index is -1.80. The first-order valence-corrected chi connectivity index (χ1v) is 7.67. The van der Waals surface area contributed by atoms with Crippen LogP contribution < -0.4 is 0 Å². The minimum absolute atomic E-state index is 0.0261.